The van der Waals surface area contributed by atoms with E-state index in [1.165, 1.54) is 26.3 Å². The predicted octanol–water partition coefficient (Wildman–Crippen LogP) is 2.27. The second-order valence-corrected chi connectivity index (χ2v) is 6.61. The minimum absolute atomic E-state index is 0.00935. The van der Waals surface area contributed by atoms with Gasteiger partial charge in [-0.25, -0.2) is 26.3 Å². The maximum absolute atomic E-state index is 13.6. The molecule has 0 aromatic heterocycles. The number of anilines is 1. The number of amides is 1. The van der Waals surface area contributed by atoms with Crippen molar-refractivity contribution in [1.29, 1.82) is 0 Å². The molecule has 10 heteroatoms. The summed E-state index contributed by atoms with van der Waals surface area (Å²) in [6.45, 7) is 0. The molecule has 25 heavy (non-hydrogen) atoms. The van der Waals surface area contributed by atoms with Crippen LogP contribution in [0.4, 0.5) is 18.9 Å². The smallest absolute Gasteiger partial charge is 0.255 e. The Morgan fingerprint density at radius 1 is 1.08 bits per heavy atom. The van der Waals surface area contributed by atoms with Crippen molar-refractivity contribution in [2.45, 2.75) is 4.90 Å². The minimum atomic E-state index is -3.93. The molecule has 0 fully saturated rings. The van der Waals surface area contributed by atoms with Crippen molar-refractivity contribution in [2.75, 3.05) is 19.5 Å². The average Bonchev–Trinajstić information content (AvgIpc) is 2.61. The topological polar surface area (TPSA) is 84.5 Å². The molecule has 6 nitrogen and oxygen atoms in total. The van der Waals surface area contributed by atoms with Gasteiger partial charge in [0.15, 0.2) is 17.5 Å². The van der Waals surface area contributed by atoms with E-state index in [9.17, 15) is 26.4 Å². The molecule has 0 aliphatic rings. The van der Waals surface area contributed by atoms with E-state index < -0.39 is 39.1 Å². The maximum Gasteiger partial charge on any atom is 0.255 e. The molecule has 2 rings (SSSR count). The van der Waals surface area contributed by atoms with Crippen LogP contribution < -0.4 is 14.8 Å². The minimum Gasteiger partial charge on any atom is -0.495 e. The first-order valence-electron chi connectivity index (χ1n) is 6.77. The number of nitrogens with one attached hydrogen (secondary N) is 2. The van der Waals surface area contributed by atoms with Crippen molar-refractivity contribution in [3.8, 4) is 5.75 Å². The lowest BCUT2D eigenvalue weighted by Crippen LogP contribution is -2.21. The van der Waals surface area contributed by atoms with Crippen molar-refractivity contribution < 1.29 is 31.1 Å². The van der Waals surface area contributed by atoms with Crippen LogP contribution in [0.25, 0.3) is 0 Å². The van der Waals surface area contributed by atoms with E-state index in [1.807, 2.05) is 0 Å². The molecule has 0 spiro atoms. The fourth-order valence-electron chi connectivity index (χ4n) is 1.95. The second-order valence-electron chi connectivity index (χ2n) is 4.75. The van der Waals surface area contributed by atoms with Gasteiger partial charge in [0.1, 0.15) is 10.6 Å². The van der Waals surface area contributed by atoms with Crippen molar-refractivity contribution in [2.24, 2.45) is 0 Å². The second kappa shape index (κ2) is 7.11. The molecule has 0 bridgehead atoms. The lowest BCUT2D eigenvalue weighted by molar-refractivity contribution is 0.102. The molecular formula is C15H13F3N2O4S. The molecule has 1 amide bonds. The van der Waals surface area contributed by atoms with Crippen molar-refractivity contribution in [3.05, 3.63) is 53.3 Å². The number of carbonyl (C=O) groups is 1. The zero-order valence-corrected chi connectivity index (χ0v) is 13.9. The van der Waals surface area contributed by atoms with Crippen molar-refractivity contribution in [3.63, 3.8) is 0 Å². The molecule has 0 aliphatic heterocycles. The third kappa shape index (κ3) is 3.74. The zero-order valence-electron chi connectivity index (χ0n) is 13.1. The van der Waals surface area contributed by atoms with Crippen LogP contribution in [0.1, 0.15) is 10.4 Å². The average molecular weight is 374 g/mol. The standard InChI is InChI=1S/C15H13F3N2O4S/c1-19-25(22,23)12-7-8(3-6-11(12)24-2)15(21)20-10-5-4-9(16)13(17)14(10)18/h3-7,19H,1-2H3,(H,20,21). The SMILES string of the molecule is CNS(=O)(=O)c1cc(C(=O)Nc2ccc(F)c(F)c2F)ccc1OC. The van der Waals surface area contributed by atoms with Gasteiger partial charge in [-0.05, 0) is 37.4 Å². The van der Waals surface area contributed by atoms with Gasteiger partial charge in [-0.2, -0.15) is 0 Å². The van der Waals surface area contributed by atoms with Gasteiger partial charge in [0.05, 0.1) is 12.8 Å². The van der Waals surface area contributed by atoms with E-state index in [4.69, 9.17) is 4.74 Å². The summed E-state index contributed by atoms with van der Waals surface area (Å²) in [5, 5.41) is 2.05. The third-order valence-electron chi connectivity index (χ3n) is 3.27. The number of rotatable bonds is 5. The normalized spacial score (nSPS) is 11.2. The molecule has 0 radical (unpaired) electrons. The number of carbonyl (C=O) groups excluding carboxylic acids is 1. The first-order valence-corrected chi connectivity index (χ1v) is 8.26. The molecule has 0 saturated carbocycles. The summed E-state index contributed by atoms with van der Waals surface area (Å²) in [5.41, 5.74) is -0.739. The number of halogens is 3. The highest BCUT2D eigenvalue weighted by molar-refractivity contribution is 7.89. The summed E-state index contributed by atoms with van der Waals surface area (Å²) in [7, 11) is -1.50. The lowest BCUT2D eigenvalue weighted by atomic mass is 10.2. The van der Waals surface area contributed by atoms with Gasteiger partial charge in [-0.3, -0.25) is 4.79 Å². The van der Waals surface area contributed by atoms with Gasteiger partial charge in [-0.15, -0.1) is 0 Å². The predicted molar refractivity (Wildman–Crippen MR) is 83.5 cm³/mol. The van der Waals surface area contributed by atoms with Crippen LogP contribution in [0.3, 0.4) is 0 Å². The maximum atomic E-state index is 13.6. The van der Waals surface area contributed by atoms with Crippen molar-refractivity contribution in [1.82, 2.24) is 4.72 Å². The number of hydrogen-bond donors (Lipinski definition) is 2. The number of benzene rings is 2. The number of methoxy groups -OCH3 is 1. The van der Waals surface area contributed by atoms with E-state index in [0.29, 0.717) is 6.07 Å². The molecule has 0 aliphatic carbocycles. The van der Waals surface area contributed by atoms with E-state index in [0.717, 1.165) is 12.1 Å². The monoisotopic (exact) mass is 374 g/mol. The summed E-state index contributed by atoms with van der Waals surface area (Å²) in [6.07, 6.45) is 0. The Balaban J connectivity index is 2.41. The summed E-state index contributed by atoms with van der Waals surface area (Å²) >= 11 is 0. The fraction of sp³-hybridized carbons (Fsp3) is 0.133. The molecule has 2 N–H and O–H groups in total. The van der Waals surface area contributed by atoms with Crippen LogP contribution in [-0.4, -0.2) is 28.5 Å². The number of ether oxygens (including phenoxy) is 1. The molecule has 2 aromatic rings. The van der Waals surface area contributed by atoms with Crippen LogP contribution in [0.15, 0.2) is 35.2 Å². The molecular weight excluding hydrogens is 361 g/mol. The van der Waals surface area contributed by atoms with Crippen LogP contribution in [0.2, 0.25) is 0 Å². The van der Waals surface area contributed by atoms with E-state index in [1.54, 1.807) is 0 Å². The van der Waals surface area contributed by atoms with Gasteiger partial charge in [0, 0.05) is 5.56 Å². The highest BCUT2D eigenvalue weighted by Gasteiger charge is 2.21. The van der Waals surface area contributed by atoms with Gasteiger partial charge in [0.25, 0.3) is 5.91 Å². The van der Waals surface area contributed by atoms with Gasteiger partial charge >= 0.3 is 0 Å². The van der Waals surface area contributed by atoms with Crippen LogP contribution in [0.5, 0.6) is 5.75 Å². The molecule has 2 aromatic carbocycles. The number of sulfonamides is 1. The Morgan fingerprint density at radius 3 is 2.36 bits per heavy atom. The molecule has 134 valence electrons. The van der Waals surface area contributed by atoms with E-state index in [-0.39, 0.29) is 16.2 Å². The van der Waals surface area contributed by atoms with Gasteiger partial charge in [-0.1, -0.05) is 0 Å². The van der Waals surface area contributed by atoms with Crippen molar-refractivity contribution >= 4 is 21.6 Å². The molecule has 0 atom stereocenters. The Bertz CT molecular complexity index is 933. The van der Waals surface area contributed by atoms with Crippen LogP contribution >= 0.6 is 0 Å². The Morgan fingerprint density at radius 2 is 1.76 bits per heavy atom. The highest BCUT2D eigenvalue weighted by atomic mass is 32.2. The summed E-state index contributed by atoms with van der Waals surface area (Å²) in [6, 6.07) is 4.98. The van der Waals surface area contributed by atoms with Gasteiger partial charge < -0.3 is 10.1 Å². The van der Waals surface area contributed by atoms with E-state index >= 15 is 0 Å². The fourth-order valence-corrected chi connectivity index (χ4v) is 2.87. The zero-order chi connectivity index (χ0) is 18.8. The molecule has 0 heterocycles. The summed E-state index contributed by atoms with van der Waals surface area (Å²) in [4.78, 5) is 11.9. The van der Waals surface area contributed by atoms with Crippen LogP contribution in [0, 0.1) is 17.5 Å². The summed E-state index contributed by atoms with van der Waals surface area (Å²) < 4.78 is 70.7. The van der Waals surface area contributed by atoms with E-state index in [2.05, 4.69) is 10.0 Å². The summed E-state index contributed by atoms with van der Waals surface area (Å²) in [5.74, 6) is -5.62. The number of hydrogen-bond acceptors (Lipinski definition) is 4. The third-order valence-corrected chi connectivity index (χ3v) is 4.70. The van der Waals surface area contributed by atoms with Crippen LogP contribution in [-0.2, 0) is 10.0 Å². The Hall–Kier alpha value is -2.59. The Kier molecular flexibility index (Phi) is 5.33. The quantitative estimate of drug-likeness (QED) is 0.787. The lowest BCUT2D eigenvalue weighted by Gasteiger charge is -2.11. The first kappa shape index (κ1) is 18.7. The Labute approximate surface area is 141 Å². The van der Waals surface area contributed by atoms with Gasteiger partial charge in [0.2, 0.25) is 10.0 Å². The first-order chi connectivity index (χ1) is 11.7. The largest absolute Gasteiger partial charge is 0.495 e. The molecule has 0 unspecified atom stereocenters. The highest BCUT2D eigenvalue weighted by Crippen LogP contribution is 2.26. The molecule has 0 saturated heterocycles.